The lowest BCUT2D eigenvalue weighted by Gasteiger charge is -2.35. The minimum absolute atomic E-state index is 0.0299. The zero-order chi connectivity index (χ0) is 23.3. The molecule has 2 aliphatic heterocycles. The largest absolute Gasteiger partial charge is 0.399 e. The summed E-state index contributed by atoms with van der Waals surface area (Å²) in [6.45, 7) is 2.53. The molecular formula is C27H31F2N5. The molecule has 2 N–H and O–H groups in total. The maximum absolute atomic E-state index is 14.0. The molecule has 0 bridgehead atoms. The molecule has 3 aromatic rings. The van der Waals surface area contributed by atoms with Crippen molar-refractivity contribution in [2.75, 3.05) is 41.7 Å². The smallest absolute Gasteiger partial charge is 0.265 e. The predicted molar refractivity (Wildman–Crippen MR) is 133 cm³/mol. The van der Waals surface area contributed by atoms with Crippen molar-refractivity contribution in [1.29, 1.82) is 0 Å². The quantitative estimate of drug-likeness (QED) is 0.502. The Morgan fingerprint density at radius 3 is 2.41 bits per heavy atom. The van der Waals surface area contributed by atoms with E-state index in [0.29, 0.717) is 18.4 Å². The van der Waals surface area contributed by atoms with E-state index in [2.05, 4.69) is 16.1 Å². The lowest BCUT2D eigenvalue weighted by atomic mass is 9.93. The number of benzene rings is 2. The van der Waals surface area contributed by atoms with E-state index in [9.17, 15) is 8.78 Å². The van der Waals surface area contributed by atoms with Gasteiger partial charge in [-0.25, -0.2) is 13.5 Å². The van der Waals surface area contributed by atoms with Crippen LogP contribution in [0.3, 0.4) is 0 Å². The average molecular weight is 464 g/mol. The number of rotatable bonds is 4. The van der Waals surface area contributed by atoms with E-state index < -0.39 is 5.92 Å². The maximum Gasteiger partial charge on any atom is 0.265 e. The molecule has 2 aromatic carbocycles. The number of aromatic nitrogens is 2. The van der Waals surface area contributed by atoms with Gasteiger partial charge in [0.15, 0.2) is 0 Å². The van der Waals surface area contributed by atoms with Gasteiger partial charge in [0.05, 0.1) is 24.1 Å². The highest BCUT2D eigenvalue weighted by molar-refractivity contribution is 5.71. The van der Waals surface area contributed by atoms with Crippen LogP contribution in [-0.2, 0) is 0 Å². The van der Waals surface area contributed by atoms with Crippen molar-refractivity contribution in [1.82, 2.24) is 9.78 Å². The van der Waals surface area contributed by atoms with E-state index in [1.807, 2.05) is 53.5 Å². The third-order valence-corrected chi connectivity index (χ3v) is 7.89. The van der Waals surface area contributed by atoms with Crippen LogP contribution in [-0.4, -0.2) is 41.9 Å². The van der Waals surface area contributed by atoms with Crippen LogP contribution in [0.1, 0.15) is 38.5 Å². The Hall–Kier alpha value is -3.09. The monoisotopic (exact) mass is 463 g/mol. The van der Waals surface area contributed by atoms with Crippen molar-refractivity contribution < 1.29 is 8.78 Å². The van der Waals surface area contributed by atoms with Crippen molar-refractivity contribution in [3.8, 4) is 16.8 Å². The molecule has 5 nitrogen and oxygen atoms in total. The van der Waals surface area contributed by atoms with Crippen LogP contribution >= 0.6 is 0 Å². The highest BCUT2D eigenvalue weighted by atomic mass is 19.3. The number of hydrogen-bond donors (Lipinski definition) is 1. The third kappa shape index (κ3) is 4.12. The molecule has 0 unspecified atom stereocenters. The second-order valence-corrected chi connectivity index (χ2v) is 10.3. The number of piperidine rings is 2. The normalized spacial score (nSPS) is 21.1. The molecule has 1 aliphatic carbocycles. The first kappa shape index (κ1) is 21.4. The maximum atomic E-state index is 14.0. The molecule has 0 radical (unpaired) electrons. The summed E-state index contributed by atoms with van der Waals surface area (Å²) in [6, 6.07) is 13.9. The Morgan fingerprint density at radius 2 is 1.65 bits per heavy atom. The number of nitrogens with two attached hydrogens (primary N) is 1. The van der Waals surface area contributed by atoms with Gasteiger partial charge in [-0.2, -0.15) is 5.10 Å². The Kier molecular flexibility index (Phi) is 5.04. The number of nitrogens with zero attached hydrogens (tertiary/aromatic N) is 4. The summed E-state index contributed by atoms with van der Waals surface area (Å²) in [5.41, 5.74) is 12.4. The summed E-state index contributed by atoms with van der Waals surface area (Å²) in [4.78, 5) is 4.23. The van der Waals surface area contributed by atoms with Crippen molar-refractivity contribution in [3.63, 3.8) is 0 Å². The summed E-state index contributed by atoms with van der Waals surface area (Å²) in [6.07, 6.45) is 9.58. The number of nitrogen functional groups attached to an aromatic ring is 1. The number of anilines is 3. The molecule has 7 heteroatoms. The average Bonchev–Trinajstić information content (AvgIpc) is 3.39. The first-order valence-corrected chi connectivity index (χ1v) is 12.3. The predicted octanol–water partition coefficient (Wildman–Crippen LogP) is 5.74. The molecule has 3 aliphatic rings. The molecule has 3 fully saturated rings. The summed E-state index contributed by atoms with van der Waals surface area (Å²) in [5.74, 6) is -2.63. The van der Waals surface area contributed by atoms with Crippen LogP contribution in [0.5, 0.6) is 0 Å². The molecule has 1 saturated carbocycles. The standard InChI is InChI=1S/C27H31F2N5/c28-27(29)7-2-12-33(19-27)23-4-1-3-20(15-23)21-17-31-34(18-21)24-6-5-22(30)16-25(24)32-13-10-26(8-9-26)11-14-32/h1,3-6,15-18H,2,7-14,19,30H2. The fourth-order valence-electron chi connectivity index (χ4n) is 5.56. The molecule has 34 heavy (non-hydrogen) atoms. The first-order valence-electron chi connectivity index (χ1n) is 12.3. The van der Waals surface area contributed by atoms with Crippen LogP contribution in [0.4, 0.5) is 25.8 Å². The van der Waals surface area contributed by atoms with Gasteiger partial charge in [-0.3, -0.25) is 0 Å². The van der Waals surface area contributed by atoms with Crippen molar-refractivity contribution in [2.45, 2.75) is 44.4 Å². The van der Waals surface area contributed by atoms with Gasteiger partial charge >= 0.3 is 0 Å². The number of halogens is 2. The van der Waals surface area contributed by atoms with Gasteiger partial charge in [0, 0.05) is 49.2 Å². The van der Waals surface area contributed by atoms with Crippen LogP contribution in [0.15, 0.2) is 54.9 Å². The summed E-state index contributed by atoms with van der Waals surface area (Å²) < 4.78 is 29.8. The Morgan fingerprint density at radius 1 is 0.824 bits per heavy atom. The summed E-state index contributed by atoms with van der Waals surface area (Å²) >= 11 is 0. The minimum Gasteiger partial charge on any atom is -0.399 e. The Balaban J connectivity index is 1.27. The van der Waals surface area contributed by atoms with Gasteiger partial charge < -0.3 is 15.5 Å². The molecule has 178 valence electrons. The van der Waals surface area contributed by atoms with Gasteiger partial charge in [0.2, 0.25) is 0 Å². The van der Waals surface area contributed by atoms with Gasteiger partial charge in [0.1, 0.15) is 0 Å². The van der Waals surface area contributed by atoms with E-state index in [-0.39, 0.29) is 13.0 Å². The van der Waals surface area contributed by atoms with Gasteiger partial charge in [0.25, 0.3) is 5.92 Å². The van der Waals surface area contributed by atoms with Crippen molar-refractivity contribution >= 4 is 17.1 Å². The van der Waals surface area contributed by atoms with E-state index >= 15 is 0 Å². The van der Waals surface area contributed by atoms with Crippen molar-refractivity contribution in [2.24, 2.45) is 5.41 Å². The number of hydrogen-bond acceptors (Lipinski definition) is 4. The fraction of sp³-hybridized carbons (Fsp3) is 0.444. The van der Waals surface area contributed by atoms with E-state index in [0.717, 1.165) is 47.0 Å². The van der Waals surface area contributed by atoms with Crippen molar-refractivity contribution in [3.05, 3.63) is 54.9 Å². The fourth-order valence-corrected chi connectivity index (χ4v) is 5.56. The van der Waals surface area contributed by atoms with Gasteiger partial charge in [-0.1, -0.05) is 12.1 Å². The number of alkyl halides is 2. The van der Waals surface area contributed by atoms with Crippen LogP contribution in [0.2, 0.25) is 0 Å². The molecule has 1 aromatic heterocycles. The molecule has 3 heterocycles. The highest BCUT2D eigenvalue weighted by Gasteiger charge is 2.44. The SMILES string of the molecule is Nc1ccc(-n2cc(-c3cccc(N4CCCC(F)(F)C4)c3)cn2)c(N2CCC3(CC2)CC3)c1. The van der Waals surface area contributed by atoms with Crippen LogP contribution < -0.4 is 15.5 Å². The minimum atomic E-state index is -2.63. The van der Waals surface area contributed by atoms with Gasteiger partial charge in [-0.05, 0) is 73.4 Å². The highest BCUT2D eigenvalue weighted by Crippen LogP contribution is 2.54. The second-order valence-electron chi connectivity index (χ2n) is 10.3. The molecule has 0 amide bonds. The Bertz CT molecular complexity index is 1190. The lowest BCUT2D eigenvalue weighted by Crippen LogP contribution is -2.42. The molecule has 0 atom stereocenters. The summed E-state index contributed by atoms with van der Waals surface area (Å²) in [7, 11) is 0. The molecule has 2 saturated heterocycles. The second kappa shape index (κ2) is 8.00. The molecule has 6 rings (SSSR count). The lowest BCUT2D eigenvalue weighted by molar-refractivity contribution is -0.0116. The van der Waals surface area contributed by atoms with E-state index in [4.69, 9.17) is 5.73 Å². The first-order chi connectivity index (χ1) is 16.4. The zero-order valence-electron chi connectivity index (χ0n) is 19.4. The Labute approximate surface area is 199 Å². The van der Waals surface area contributed by atoms with Crippen LogP contribution in [0.25, 0.3) is 16.8 Å². The van der Waals surface area contributed by atoms with Crippen LogP contribution in [0, 0.1) is 5.41 Å². The van der Waals surface area contributed by atoms with E-state index in [1.54, 1.807) is 4.90 Å². The van der Waals surface area contributed by atoms with Gasteiger partial charge in [-0.15, -0.1) is 0 Å². The molecule has 1 spiro atoms. The topological polar surface area (TPSA) is 50.3 Å². The van der Waals surface area contributed by atoms with E-state index in [1.165, 1.54) is 25.7 Å². The molecular weight excluding hydrogens is 432 g/mol. The zero-order valence-corrected chi connectivity index (χ0v) is 19.4. The third-order valence-electron chi connectivity index (χ3n) is 7.89. The summed E-state index contributed by atoms with van der Waals surface area (Å²) in [5, 5.41) is 4.67.